The summed E-state index contributed by atoms with van der Waals surface area (Å²) in [6.45, 7) is 8.02. The second kappa shape index (κ2) is 6.76. The van der Waals surface area contributed by atoms with Crippen LogP contribution in [0.15, 0.2) is 27.4 Å². The molecule has 4 rings (SSSR count). The molecule has 7 nitrogen and oxygen atoms in total. The predicted molar refractivity (Wildman–Crippen MR) is 108 cm³/mol. The summed E-state index contributed by atoms with van der Waals surface area (Å²) in [5.74, 6) is -1.47. The van der Waals surface area contributed by atoms with Crippen LogP contribution >= 0.6 is 0 Å². The van der Waals surface area contributed by atoms with Crippen molar-refractivity contribution < 1.29 is 23.5 Å². The molecule has 0 radical (unpaired) electrons. The lowest BCUT2D eigenvalue weighted by Gasteiger charge is -2.46. The van der Waals surface area contributed by atoms with Crippen molar-refractivity contribution in [3.8, 4) is 0 Å². The Labute approximate surface area is 167 Å². The van der Waals surface area contributed by atoms with Gasteiger partial charge >= 0.3 is 17.6 Å². The van der Waals surface area contributed by atoms with E-state index in [2.05, 4.69) is 36.5 Å². The molecule has 0 N–H and O–H groups in total. The number of nitrogens with zero attached hydrogens (tertiary/aromatic N) is 1. The van der Waals surface area contributed by atoms with Crippen LogP contribution in [0.3, 0.4) is 0 Å². The summed E-state index contributed by atoms with van der Waals surface area (Å²) >= 11 is 0. The standard InChI is InChI=1S/C22H23NO6/c1-12-10-22(3,4)23-7-5-6-15-18(23)16(12)8-14-9-17(21(26)29-19(14)15)20(25)28-11-27-13(2)24/h8-10H,5-7,11H2,1-4H3. The van der Waals surface area contributed by atoms with Crippen molar-refractivity contribution in [1.82, 2.24) is 0 Å². The van der Waals surface area contributed by atoms with E-state index >= 15 is 0 Å². The lowest BCUT2D eigenvalue weighted by Crippen LogP contribution is -2.47. The monoisotopic (exact) mass is 397 g/mol. The van der Waals surface area contributed by atoms with Gasteiger partial charge in [0.05, 0.1) is 11.2 Å². The lowest BCUT2D eigenvalue weighted by molar-refractivity contribution is -0.149. The van der Waals surface area contributed by atoms with Gasteiger partial charge in [0.2, 0.25) is 6.79 Å². The van der Waals surface area contributed by atoms with Crippen LogP contribution in [0.4, 0.5) is 5.69 Å². The zero-order chi connectivity index (χ0) is 20.9. The molecule has 0 bridgehead atoms. The Kier molecular flexibility index (Phi) is 4.48. The third-order valence-corrected chi connectivity index (χ3v) is 5.53. The summed E-state index contributed by atoms with van der Waals surface area (Å²) in [7, 11) is 0. The van der Waals surface area contributed by atoms with E-state index in [-0.39, 0.29) is 11.1 Å². The number of esters is 2. The minimum atomic E-state index is -0.886. The number of carbonyl (C=O) groups excluding carboxylic acids is 2. The van der Waals surface area contributed by atoms with Gasteiger partial charge in [-0.25, -0.2) is 9.59 Å². The molecular formula is C22H23NO6. The maximum absolute atomic E-state index is 12.5. The van der Waals surface area contributed by atoms with Crippen LogP contribution in [0.5, 0.6) is 0 Å². The molecule has 0 spiro atoms. The quantitative estimate of drug-likeness (QED) is 0.446. The molecule has 2 aliphatic heterocycles. The van der Waals surface area contributed by atoms with Gasteiger partial charge in [0.1, 0.15) is 11.1 Å². The SMILES string of the molecule is CC(=O)OCOC(=O)c1cc2cc3c4c(c2oc1=O)CCCN4C(C)(C)C=C3C. The molecular weight excluding hydrogens is 374 g/mol. The summed E-state index contributed by atoms with van der Waals surface area (Å²) in [6.07, 6.45) is 4.00. The molecule has 0 saturated heterocycles. The first-order valence-electron chi connectivity index (χ1n) is 9.61. The smallest absolute Gasteiger partial charge is 0.351 e. The molecule has 7 heteroatoms. The van der Waals surface area contributed by atoms with Crippen LogP contribution in [-0.4, -0.2) is 30.8 Å². The zero-order valence-electron chi connectivity index (χ0n) is 17.0. The number of anilines is 1. The van der Waals surface area contributed by atoms with Gasteiger partial charge in [-0.05, 0) is 51.3 Å². The van der Waals surface area contributed by atoms with Crippen LogP contribution < -0.4 is 10.5 Å². The van der Waals surface area contributed by atoms with Crippen molar-refractivity contribution in [2.24, 2.45) is 0 Å². The summed E-state index contributed by atoms with van der Waals surface area (Å²) in [5.41, 5.74) is 3.75. The molecule has 1 aromatic heterocycles. The molecule has 0 amide bonds. The topological polar surface area (TPSA) is 86.0 Å². The summed E-state index contributed by atoms with van der Waals surface area (Å²) < 4.78 is 15.1. The van der Waals surface area contributed by atoms with Gasteiger partial charge < -0.3 is 18.8 Å². The molecule has 0 saturated carbocycles. The maximum Gasteiger partial charge on any atom is 0.351 e. The second-order valence-corrected chi connectivity index (χ2v) is 8.04. The van der Waals surface area contributed by atoms with E-state index in [0.29, 0.717) is 11.0 Å². The average molecular weight is 397 g/mol. The van der Waals surface area contributed by atoms with E-state index in [1.807, 2.05) is 6.07 Å². The van der Waals surface area contributed by atoms with Gasteiger partial charge in [-0.1, -0.05) is 6.08 Å². The molecule has 2 aliphatic rings. The number of ether oxygens (including phenoxy) is 2. The lowest BCUT2D eigenvalue weighted by atomic mass is 9.83. The number of allylic oxidation sites excluding steroid dienone is 1. The van der Waals surface area contributed by atoms with Gasteiger partial charge in [0.25, 0.3) is 0 Å². The predicted octanol–water partition coefficient (Wildman–Crippen LogP) is 3.42. The second-order valence-electron chi connectivity index (χ2n) is 8.04. The highest BCUT2D eigenvalue weighted by atomic mass is 16.7. The van der Waals surface area contributed by atoms with Gasteiger partial charge in [-0.3, -0.25) is 4.79 Å². The molecule has 0 unspecified atom stereocenters. The van der Waals surface area contributed by atoms with Crippen molar-refractivity contribution >= 4 is 34.2 Å². The van der Waals surface area contributed by atoms with Gasteiger partial charge in [0, 0.05) is 30.0 Å². The fourth-order valence-electron chi connectivity index (χ4n) is 4.34. The Hall–Kier alpha value is -3.09. The number of carbonyl (C=O) groups is 2. The molecule has 0 aliphatic carbocycles. The van der Waals surface area contributed by atoms with Gasteiger partial charge in [0.15, 0.2) is 0 Å². The largest absolute Gasteiger partial charge is 0.428 e. The van der Waals surface area contributed by atoms with Gasteiger partial charge in [-0.2, -0.15) is 0 Å². The number of hydrogen-bond donors (Lipinski definition) is 0. The minimum absolute atomic E-state index is 0.124. The molecule has 0 atom stereocenters. The molecule has 3 heterocycles. The van der Waals surface area contributed by atoms with Crippen molar-refractivity contribution in [2.75, 3.05) is 18.2 Å². The van der Waals surface area contributed by atoms with Crippen molar-refractivity contribution in [3.63, 3.8) is 0 Å². The van der Waals surface area contributed by atoms with E-state index < -0.39 is 24.4 Å². The molecule has 2 aromatic rings. The minimum Gasteiger partial charge on any atom is -0.428 e. The summed E-state index contributed by atoms with van der Waals surface area (Å²) in [4.78, 5) is 37.9. The van der Waals surface area contributed by atoms with Crippen LogP contribution in [0.25, 0.3) is 16.5 Å². The maximum atomic E-state index is 12.5. The first-order chi connectivity index (χ1) is 13.7. The van der Waals surface area contributed by atoms with Gasteiger partial charge in [-0.15, -0.1) is 0 Å². The highest BCUT2D eigenvalue weighted by molar-refractivity contribution is 5.98. The summed E-state index contributed by atoms with van der Waals surface area (Å²) in [6, 6.07) is 3.46. The van der Waals surface area contributed by atoms with Crippen LogP contribution in [0.2, 0.25) is 0 Å². The highest BCUT2D eigenvalue weighted by Gasteiger charge is 2.36. The number of fused-ring (bicyclic) bond motifs is 2. The number of rotatable bonds is 3. The van der Waals surface area contributed by atoms with Crippen LogP contribution in [-0.2, 0) is 20.7 Å². The average Bonchev–Trinajstić information content (AvgIpc) is 2.64. The Balaban J connectivity index is 1.84. The van der Waals surface area contributed by atoms with Crippen molar-refractivity contribution in [1.29, 1.82) is 0 Å². The van der Waals surface area contributed by atoms with Crippen molar-refractivity contribution in [2.45, 2.75) is 46.1 Å². The Morgan fingerprint density at radius 2 is 2.00 bits per heavy atom. The van der Waals surface area contributed by atoms with Crippen molar-refractivity contribution in [3.05, 3.63) is 45.3 Å². The number of aryl methyl sites for hydroxylation is 1. The Morgan fingerprint density at radius 1 is 1.24 bits per heavy atom. The highest BCUT2D eigenvalue weighted by Crippen LogP contribution is 2.46. The first kappa shape index (κ1) is 19.2. The van der Waals surface area contributed by atoms with E-state index in [4.69, 9.17) is 9.15 Å². The molecule has 0 fully saturated rings. The first-order valence-corrected chi connectivity index (χ1v) is 9.61. The molecule has 1 aromatic carbocycles. The third-order valence-electron chi connectivity index (χ3n) is 5.53. The van der Waals surface area contributed by atoms with E-state index in [1.165, 1.54) is 13.0 Å². The molecule has 152 valence electrons. The number of benzene rings is 1. The Morgan fingerprint density at radius 3 is 2.72 bits per heavy atom. The summed E-state index contributed by atoms with van der Waals surface area (Å²) in [5, 5.41) is 0.673. The van der Waals surface area contributed by atoms with Crippen LogP contribution in [0, 0.1) is 0 Å². The molecule has 29 heavy (non-hydrogen) atoms. The van der Waals surface area contributed by atoms with Crippen LogP contribution in [0.1, 0.15) is 55.6 Å². The van der Waals surface area contributed by atoms with E-state index in [9.17, 15) is 14.4 Å². The zero-order valence-corrected chi connectivity index (χ0v) is 17.0. The van der Waals surface area contributed by atoms with E-state index in [0.717, 1.165) is 41.8 Å². The fourth-order valence-corrected chi connectivity index (χ4v) is 4.34. The number of hydrogen-bond acceptors (Lipinski definition) is 7. The Bertz CT molecular complexity index is 1120. The third kappa shape index (κ3) is 3.20. The van der Waals surface area contributed by atoms with E-state index in [1.54, 1.807) is 0 Å². The normalized spacial score (nSPS) is 16.8. The fraction of sp³-hybridized carbons (Fsp3) is 0.409.